The van der Waals surface area contributed by atoms with Crippen LogP contribution in [0.3, 0.4) is 0 Å². The molecule has 0 radical (unpaired) electrons. The van der Waals surface area contributed by atoms with Crippen LogP contribution in [-0.4, -0.2) is 41.1 Å². The number of rotatable bonds is 4. The predicted molar refractivity (Wildman–Crippen MR) is 87.6 cm³/mol. The Morgan fingerprint density at radius 2 is 1.81 bits per heavy atom. The number of nitrogens with zero attached hydrogens (tertiary/aromatic N) is 5. The van der Waals surface area contributed by atoms with Gasteiger partial charge in [-0.25, -0.2) is 0 Å². The van der Waals surface area contributed by atoms with Gasteiger partial charge in [-0.05, 0) is 38.5 Å². The number of nitrogen functional groups attached to an aromatic ring is 1. The highest BCUT2D eigenvalue weighted by Gasteiger charge is 2.25. The Morgan fingerprint density at radius 1 is 1.10 bits per heavy atom. The van der Waals surface area contributed by atoms with Crippen LogP contribution in [0, 0.1) is 5.41 Å². The van der Waals surface area contributed by atoms with Crippen LogP contribution in [0.1, 0.15) is 47.0 Å². The van der Waals surface area contributed by atoms with Crippen LogP contribution in [0.15, 0.2) is 0 Å². The minimum Gasteiger partial charge on any atom is -0.368 e. The van der Waals surface area contributed by atoms with Gasteiger partial charge in [-0.15, -0.1) is 0 Å². The van der Waals surface area contributed by atoms with Crippen LogP contribution in [0.4, 0.5) is 17.8 Å². The molecule has 1 aromatic heterocycles. The van der Waals surface area contributed by atoms with Crippen molar-refractivity contribution in [1.29, 1.82) is 0 Å². The van der Waals surface area contributed by atoms with Crippen LogP contribution in [0.25, 0.3) is 0 Å². The first-order valence-corrected chi connectivity index (χ1v) is 7.96. The van der Waals surface area contributed by atoms with Crippen molar-refractivity contribution >= 4 is 17.8 Å². The molecule has 0 amide bonds. The number of nitrogens with two attached hydrogens (primary N) is 1. The van der Waals surface area contributed by atoms with Crippen LogP contribution in [0.5, 0.6) is 0 Å². The third-order valence-electron chi connectivity index (χ3n) is 4.30. The van der Waals surface area contributed by atoms with Gasteiger partial charge in [0.25, 0.3) is 0 Å². The number of hydrogen-bond acceptors (Lipinski definition) is 6. The van der Waals surface area contributed by atoms with Gasteiger partial charge in [-0.3, -0.25) is 0 Å². The SMILES string of the molecule is CCN(CC)c1nc(N)nc(N2CCCC(C)(C)CC2)n1. The number of hydrogen-bond donors (Lipinski definition) is 1. The average Bonchev–Trinajstić information content (AvgIpc) is 2.60. The zero-order valence-corrected chi connectivity index (χ0v) is 13.8. The normalized spacial score (nSPS) is 18.4. The third kappa shape index (κ3) is 3.95. The lowest BCUT2D eigenvalue weighted by Crippen LogP contribution is -2.30. The van der Waals surface area contributed by atoms with Crippen LogP contribution >= 0.6 is 0 Å². The minimum atomic E-state index is 0.311. The molecule has 2 N–H and O–H groups in total. The molecule has 2 heterocycles. The van der Waals surface area contributed by atoms with E-state index >= 15 is 0 Å². The van der Waals surface area contributed by atoms with E-state index < -0.39 is 0 Å². The molecule has 0 bridgehead atoms. The zero-order valence-electron chi connectivity index (χ0n) is 13.8. The molecular weight excluding hydrogens is 264 g/mol. The molecule has 1 aliphatic heterocycles. The molecule has 0 saturated carbocycles. The molecule has 0 aromatic carbocycles. The fourth-order valence-corrected chi connectivity index (χ4v) is 2.78. The maximum atomic E-state index is 5.89. The Kier molecular flexibility index (Phi) is 4.85. The Labute approximate surface area is 127 Å². The molecule has 0 aliphatic carbocycles. The summed E-state index contributed by atoms with van der Waals surface area (Å²) in [5.41, 5.74) is 6.29. The van der Waals surface area contributed by atoms with Crippen molar-refractivity contribution < 1.29 is 0 Å². The molecule has 6 heteroatoms. The minimum absolute atomic E-state index is 0.311. The summed E-state index contributed by atoms with van der Waals surface area (Å²) >= 11 is 0. The lowest BCUT2D eigenvalue weighted by molar-refractivity contribution is 0.325. The summed E-state index contributed by atoms with van der Waals surface area (Å²) in [6, 6.07) is 0. The summed E-state index contributed by atoms with van der Waals surface area (Å²) in [4.78, 5) is 17.6. The standard InChI is InChI=1S/C15H28N6/c1-5-20(6-2)13-17-12(16)18-14(19-13)21-10-7-8-15(3,4)9-11-21/h5-11H2,1-4H3,(H2,16,17,18,19). The van der Waals surface area contributed by atoms with Crippen LogP contribution < -0.4 is 15.5 Å². The van der Waals surface area contributed by atoms with Gasteiger partial charge in [0, 0.05) is 26.2 Å². The molecular formula is C15H28N6. The van der Waals surface area contributed by atoms with Crippen molar-refractivity contribution in [3.05, 3.63) is 0 Å². The molecule has 0 atom stereocenters. The van der Waals surface area contributed by atoms with E-state index in [4.69, 9.17) is 5.73 Å². The van der Waals surface area contributed by atoms with Crippen molar-refractivity contribution in [2.24, 2.45) is 5.41 Å². The largest absolute Gasteiger partial charge is 0.368 e. The fraction of sp³-hybridized carbons (Fsp3) is 0.800. The molecule has 118 valence electrons. The van der Waals surface area contributed by atoms with Gasteiger partial charge in [0.15, 0.2) is 0 Å². The second-order valence-electron chi connectivity index (χ2n) is 6.47. The number of aromatic nitrogens is 3. The van der Waals surface area contributed by atoms with Gasteiger partial charge in [0.2, 0.25) is 17.8 Å². The van der Waals surface area contributed by atoms with E-state index in [1.54, 1.807) is 0 Å². The molecule has 0 unspecified atom stereocenters. The second kappa shape index (κ2) is 6.45. The van der Waals surface area contributed by atoms with Crippen molar-refractivity contribution in [2.75, 3.05) is 41.7 Å². The first-order chi connectivity index (χ1) is 9.95. The Bertz CT molecular complexity index is 469. The summed E-state index contributed by atoms with van der Waals surface area (Å²) in [6.45, 7) is 12.6. The molecule has 21 heavy (non-hydrogen) atoms. The molecule has 2 rings (SSSR count). The summed E-state index contributed by atoms with van der Waals surface area (Å²) in [5.74, 6) is 1.72. The third-order valence-corrected chi connectivity index (χ3v) is 4.30. The van der Waals surface area contributed by atoms with E-state index in [1.165, 1.54) is 12.8 Å². The molecule has 1 fully saturated rings. The van der Waals surface area contributed by atoms with Crippen LogP contribution in [0.2, 0.25) is 0 Å². The van der Waals surface area contributed by atoms with Crippen molar-refractivity contribution in [3.8, 4) is 0 Å². The van der Waals surface area contributed by atoms with Gasteiger partial charge in [-0.2, -0.15) is 15.0 Å². The van der Waals surface area contributed by atoms with Crippen LogP contribution in [-0.2, 0) is 0 Å². The van der Waals surface area contributed by atoms with E-state index in [1.807, 2.05) is 0 Å². The molecule has 1 saturated heterocycles. The predicted octanol–water partition coefficient (Wildman–Crippen LogP) is 2.32. The lowest BCUT2D eigenvalue weighted by atomic mass is 9.85. The Hall–Kier alpha value is -1.59. The average molecular weight is 292 g/mol. The summed E-state index contributed by atoms with van der Waals surface area (Å²) in [7, 11) is 0. The summed E-state index contributed by atoms with van der Waals surface area (Å²) < 4.78 is 0. The highest BCUT2D eigenvalue weighted by atomic mass is 15.3. The van der Waals surface area contributed by atoms with Crippen molar-refractivity contribution in [3.63, 3.8) is 0 Å². The zero-order chi connectivity index (χ0) is 15.5. The first kappa shape index (κ1) is 15.8. The molecule has 1 aromatic rings. The van der Waals surface area contributed by atoms with Gasteiger partial charge in [-0.1, -0.05) is 13.8 Å². The monoisotopic (exact) mass is 292 g/mol. The van der Waals surface area contributed by atoms with Gasteiger partial charge in [0.05, 0.1) is 0 Å². The second-order valence-corrected chi connectivity index (χ2v) is 6.47. The topological polar surface area (TPSA) is 71.2 Å². The van der Waals surface area contributed by atoms with E-state index in [2.05, 4.69) is 52.4 Å². The van der Waals surface area contributed by atoms with Gasteiger partial charge < -0.3 is 15.5 Å². The Morgan fingerprint density at radius 3 is 2.48 bits per heavy atom. The highest BCUT2D eigenvalue weighted by Crippen LogP contribution is 2.31. The number of anilines is 3. The highest BCUT2D eigenvalue weighted by molar-refractivity contribution is 5.43. The van der Waals surface area contributed by atoms with E-state index in [0.717, 1.165) is 38.5 Å². The van der Waals surface area contributed by atoms with Crippen molar-refractivity contribution in [1.82, 2.24) is 15.0 Å². The van der Waals surface area contributed by atoms with Gasteiger partial charge >= 0.3 is 0 Å². The molecule has 6 nitrogen and oxygen atoms in total. The van der Waals surface area contributed by atoms with E-state index in [9.17, 15) is 0 Å². The maximum Gasteiger partial charge on any atom is 0.231 e. The summed E-state index contributed by atoms with van der Waals surface area (Å²) in [5, 5.41) is 0. The Balaban J connectivity index is 2.23. The first-order valence-electron chi connectivity index (χ1n) is 7.96. The summed E-state index contributed by atoms with van der Waals surface area (Å²) in [6.07, 6.45) is 3.56. The molecule has 0 spiro atoms. The maximum absolute atomic E-state index is 5.89. The van der Waals surface area contributed by atoms with E-state index in [0.29, 0.717) is 17.3 Å². The van der Waals surface area contributed by atoms with Gasteiger partial charge in [0.1, 0.15) is 0 Å². The fourth-order valence-electron chi connectivity index (χ4n) is 2.78. The molecule has 1 aliphatic rings. The van der Waals surface area contributed by atoms with Crippen molar-refractivity contribution in [2.45, 2.75) is 47.0 Å². The quantitative estimate of drug-likeness (QED) is 0.918. The van der Waals surface area contributed by atoms with E-state index in [-0.39, 0.29) is 0 Å². The smallest absolute Gasteiger partial charge is 0.231 e. The lowest BCUT2D eigenvalue weighted by Gasteiger charge is -2.25.